The molecule has 2 N–H and O–H groups in total. The van der Waals surface area contributed by atoms with Crippen LogP contribution in [-0.4, -0.2) is 16.1 Å². The molecule has 0 atom stereocenters. The van der Waals surface area contributed by atoms with Gasteiger partial charge in [-0.05, 0) is 24.3 Å². The molecule has 0 aliphatic carbocycles. The zero-order chi connectivity index (χ0) is 15.9. The molecule has 22 heavy (non-hydrogen) atoms. The summed E-state index contributed by atoms with van der Waals surface area (Å²) < 4.78 is 27.1. The van der Waals surface area contributed by atoms with Gasteiger partial charge >= 0.3 is 5.97 Å². The largest absolute Gasteiger partial charge is 0.478 e. The van der Waals surface area contributed by atoms with Gasteiger partial charge in [-0.15, -0.1) is 0 Å². The second kappa shape index (κ2) is 5.51. The van der Waals surface area contributed by atoms with E-state index in [0.29, 0.717) is 15.5 Å². The molecule has 4 nitrogen and oxygen atoms in total. The van der Waals surface area contributed by atoms with Crippen LogP contribution in [0.5, 0.6) is 0 Å². The van der Waals surface area contributed by atoms with E-state index in [1.54, 1.807) is 6.07 Å². The Kier molecular flexibility index (Phi) is 3.67. The van der Waals surface area contributed by atoms with Crippen molar-refractivity contribution in [3.05, 3.63) is 52.6 Å². The fourth-order valence-electron chi connectivity index (χ4n) is 1.90. The van der Waals surface area contributed by atoms with Gasteiger partial charge in [0, 0.05) is 11.8 Å². The van der Waals surface area contributed by atoms with E-state index in [0.717, 1.165) is 17.4 Å². The number of hydrogen-bond donors (Lipinski definition) is 2. The molecule has 0 saturated heterocycles. The molecule has 0 aliphatic rings. The molecule has 0 aliphatic heterocycles. The summed E-state index contributed by atoms with van der Waals surface area (Å²) in [5, 5.41) is 12.3. The number of fused-ring (bicyclic) bond motifs is 1. The van der Waals surface area contributed by atoms with E-state index >= 15 is 0 Å². The van der Waals surface area contributed by atoms with Crippen LogP contribution >= 0.6 is 22.9 Å². The van der Waals surface area contributed by atoms with E-state index in [2.05, 4.69) is 10.3 Å². The number of thiazole rings is 1. The molecule has 0 saturated carbocycles. The SMILES string of the molecule is O=C(O)c1cc(Nc2nc3c(F)cc(F)cc3s2)ccc1Cl. The first-order valence-corrected chi connectivity index (χ1v) is 7.19. The van der Waals surface area contributed by atoms with Gasteiger partial charge in [0.15, 0.2) is 10.9 Å². The van der Waals surface area contributed by atoms with Crippen LogP contribution in [0.2, 0.25) is 5.02 Å². The third kappa shape index (κ3) is 2.72. The van der Waals surface area contributed by atoms with Crippen molar-refractivity contribution in [3.63, 3.8) is 0 Å². The van der Waals surface area contributed by atoms with E-state index < -0.39 is 17.6 Å². The Balaban J connectivity index is 1.98. The van der Waals surface area contributed by atoms with Crippen molar-refractivity contribution in [3.8, 4) is 0 Å². The van der Waals surface area contributed by atoms with Gasteiger partial charge in [-0.1, -0.05) is 22.9 Å². The predicted octanol–water partition coefficient (Wildman–Crippen LogP) is 4.67. The molecular formula is C14H7ClF2N2O2S. The number of rotatable bonds is 3. The first kappa shape index (κ1) is 14.7. The zero-order valence-electron chi connectivity index (χ0n) is 10.7. The van der Waals surface area contributed by atoms with Gasteiger partial charge in [0.1, 0.15) is 11.3 Å². The lowest BCUT2D eigenvalue weighted by Gasteiger charge is -2.05. The van der Waals surface area contributed by atoms with Crippen molar-refractivity contribution in [2.75, 3.05) is 5.32 Å². The van der Waals surface area contributed by atoms with E-state index in [1.807, 2.05) is 0 Å². The Morgan fingerprint density at radius 3 is 2.77 bits per heavy atom. The number of aromatic carboxylic acids is 1. The summed E-state index contributed by atoms with van der Waals surface area (Å²) in [6.45, 7) is 0. The van der Waals surface area contributed by atoms with E-state index in [4.69, 9.17) is 16.7 Å². The maximum atomic E-state index is 13.6. The van der Waals surface area contributed by atoms with Gasteiger partial charge in [-0.3, -0.25) is 0 Å². The molecule has 0 unspecified atom stereocenters. The average Bonchev–Trinajstić information content (AvgIpc) is 2.83. The van der Waals surface area contributed by atoms with Crippen LogP contribution in [0.25, 0.3) is 10.2 Å². The number of anilines is 2. The van der Waals surface area contributed by atoms with Crippen LogP contribution in [0, 0.1) is 11.6 Å². The lowest BCUT2D eigenvalue weighted by molar-refractivity contribution is 0.0697. The highest BCUT2D eigenvalue weighted by atomic mass is 35.5. The monoisotopic (exact) mass is 340 g/mol. The summed E-state index contributed by atoms with van der Waals surface area (Å²) in [7, 11) is 0. The summed E-state index contributed by atoms with van der Waals surface area (Å²) >= 11 is 6.84. The van der Waals surface area contributed by atoms with E-state index in [1.165, 1.54) is 18.2 Å². The number of aromatic nitrogens is 1. The highest BCUT2D eigenvalue weighted by Crippen LogP contribution is 2.31. The maximum absolute atomic E-state index is 13.6. The van der Waals surface area contributed by atoms with Gasteiger partial charge in [0.05, 0.1) is 15.3 Å². The van der Waals surface area contributed by atoms with Crippen molar-refractivity contribution in [2.45, 2.75) is 0 Å². The van der Waals surface area contributed by atoms with Gasteiger partial charge in [0.2, 0.25) is 0 Å². The van der Waals surface area contributed by atoms with Crippen LogP contribution in [0.3, 0.4) is 0 Å². The van der Waals surface area contributed by atoms with Crippen LogP contribution in [0.15, 0.2) is 30.3 Å². The number of benzene rings is 2. The predicted molar refractivity (Wildman–Crippen MR) is 81.2 cm³/mol. The van der Waals surface area contributed by atoms with Crippen molar-refractivity contribution in [2.24, 2.45) is 0 Å². The smallest absolute Gasteiger partial charge is 0.337 e. The van der Waals surface area contributed by atoms with E-state index in [9.17, 15) is 13.6 Å². The molecule has 2 aromatic carbocycles. The summed E-state index contributed by atoms with van der Waals surface area (Å²) in [4.78, 5) is 15.1. The number of carboxylic acids is 1. The number of carboxylic acid groups (broad SMARTS) is 1. The van der Waals surface area contributed by atoms with Crippen molar-refractivity contribution in [1.29, 1.82) is 0 Å². The van der Waals surface area contributed by atoms with Crippen molar-refractivity contribution in [1.82, 2.24) is 4.98 Å². The van der Waals surface area contributed by atoms with Gasteiger partial charge in [-0.2, -0.15) is 0 Å². The fourth-order valence-corrected chi connectivity index (χ4v) is 3.02. The summed E-state index contributed by atoms with van der Waals surface area (Å²) in [6, 6.07) is 6.29. The quantitative estimate of drug-likeness (QED) is 0.727. The molecule has 3 rings (SSSR count). The summed E-state index contributed by atoms with van der Waals surface area (Å²) in [5.74, 6) is -2.59. The molecule has 1 heterocycles. The normalized spacial score (nSPS) is 10.9. The third-order valence-corrected chi connectivity index (χ3v) is 4.11. The Bertz CT molecular complexity index is 898. The first-order chi connectivity index (χ1) is 10.4. The maximum Gasteiger partial charge on any atom is 0.337 e. The first-order valence-electron chi connectivity index (χ1n) is 5.99. The number of carbonyl (C=O) groups is 1. The Morgan fingerprint density at radius 2 is 2.05 bits per heavy atom. The van der Waals surface area contributed by atoms with Gasteiger partial charge in [0.25, 0.3) is 0 Å². The number of nitrogens with zero attached hydrogens (tertiary/aromatic N) is 1. The second-order valence-electron chi connectivity index (χ2n) is 4.38. The minimum absolute atomic E-state index is 0.0568. The Morgan fingerprint density at radius 1 is 1.27 bits per heavy atom. The molecule has 0 spiro atoms. The highest BCUT2D eigenvalue weighted by molar-refractivity contribution is 7.22. The highest BCUT2D eigenvalue weighted by Gasteiger charge is 2.13. The molecule has 0 amide bonds. The lowest BCUT2D eigenvalue weighted by atomic mass is 10.2. The number of nitrogens with one attached hydrogen (secondary N) is 1. The fraction of sp³-hybridized carbons (Fsp3) is 0. The van der Waals surface area contributed by atoms with Crippen molar-refractivity contribution >= 4 is 49.9 Å². The van der Waals surface area contributed by atoms with E-state index in [-0.39, 0.29) is 16.1 Å². The molecule has 0 bridgehead atoms. The molecule has 8 heteroatoms. The van der Waals surface area contributed by atoms with Crippen molar-refractivity contribution < 1.29 is 18.7 Å². The average molecular weight is 341 g/mol. The van der Waals surface area contributed by atoms with Crippen LogP contribution in [-0.2, 0) is 0 Å². The van der Waals surface area contributed by atoms with Crippen LogP contribution in [0.1, 0.15) is 10.4 Å². The Labute approximate surface area is 132 Å². The lowest BCUT2D eigenvalue weighted by Crippen LogP contribution is -1.99. The van der Waals surface area contributed by atoms with Crippen LogP contribution < -0.4 is 5.32 Å². The molecule has 112 valence electrons. The van der Waals surface area contributed by atoms with Crippen LogP contribution in [0.4, 0.5) is 19.6 Å². The number of halogens is 3. The third-order valence-electron chi connectivity index (χ3n) is 2.86. The topological polar surface area (TPSA) is 62.2 Å². The molecule has 3 aromatic rings. The van der Waals surface area contributed by atoms with Gasteiger partial charge < -0.3 is 10.4 Å². The zero-order valence-corrected chi connectivity index (χ0v) is 12.3. The van der Waals surface area contributed by atoms with Gasteiger partial charge in [-0.25, -0.2) is 18.6 Å². The number of hydrogen-bond acceptors (Lipinski definition) is 4. The summed E-state index contributed by atoms with van der Waals surface area (Å²) in [5.41, 5.74) is 0.424. The summed E-state index contributed by atoms with van der Waals surface area (Å²) in [6.07, 6.45) is 0. The Hall–Kier alpha value is -2.25. The second-order valence-corrected chi connectivity index (χ2v) is 5.82. The molecule has 1 aromatic heterocycles. The standard InChI is InChI=1S/C14H7ClF2N2O2S/c15-9-2-1-7(5-8(9)13(20)21)18-14-19-12-10(17)3-6(16)4-11(12)22-14/h1-5H,(H,18,19)(H,20,21). The molecular weight excluding hydrogens is 334 g/mol. The molecule has 0 radical (unpaired) electrons. The minimum Gasteiger partial charge on any atom is -0.478 e. The molecule has 0 fully saturated rings. The minimum atomic E-state index is -1.16.